The lowest BCUT2D eigenvalue weighted by molar-refractivity contribution is -0.525. The number of benzene rings is 1. The third-order valence-electron chi connectivity index (χ3n) is 10.8. The molecular formula is C35H55BN6O7. The highest BCUT2D eigenvalue weighted by Crippen LogP contribution is 2.65. The number of aliphatic imine (C=N–C) groups is 1. The largest absolute Gasteiger partial charge is 0.481 e. The van der Waals surface area contributed by atoms with Crippen LogP contribution in [0.1, 0.15) is 116 Å². The summed E-state index contributed by atoms with van der Waals surface area (Å²) in [5, 5.41) is 15.9. The van der Waals surface area contributed by atoms with Gasteiger partial charge < -0.3 is 25.7 Å². The Morgan fingerprint density at radius 1 is 1.04 bits per heavy atom. The molecule has 2 amide bonds. The van der Waals surface area contributed by atoms with Crippen LogP contribution in [0.2, 0.25) is 0 Å². The second-order valence-corrected chi connectivity index (χ2v) is 15.2. The van der Waals surface area contributed by atoms with Gasteiger partial charge in [0.1, 0.15) is 6.04 Å². The molecule has 3 saturated carbocycles. The molecule has 13 nitrogen and oxygen atoms in total. The Morgan fingerprint density at radius 2 is 1.73 bits per heavy atom. The Morgan fingerprint density at radius 3 is 2.39 bits per heavy atom. The smallest absolute Gasteiger partial charge is 0.404 e. The van der Waals surface area contributed by atoms with Crippen LogP contribution < -0.4 is 21.8 Å². The second kappa shape index (κ2) is 16.9. The quantitative estimate of drug-likeness (QED) is 0.0313. The first-order valence-corrected chi connectivity index (χ1v) is 17.9. The van der Waals surface area contributed by atoms with E-state index in [9.17, 15) is 24.5 Å². The molecule has 4 fully saturated rings. The maximum Gasteiger partial charge on any atom is 0.481 e. The van der Waals surface area contributed by atoms with Crippen molar-refractivity contribution in [3.63, 3.8) is 0 Å². The SMILES string of the molecule is CC(C)C[C@H](NC(=O)[C@H](CCCN=C(N)N[N+](=O)[O-])NC(=O)CCCCCCC(=O)c1ccccc1)B1O[C@@H]2C[C@H]3C[C@H](C3(C)C)[C@]2(C)O1. The van der Waals surface area contributed by atoms with Crippen molar-refractivity contribution in [1.29, 1.82) is 0 Å². The van der Waals surface area contributed by atoms with Crippen LogP contribution >= 0.6 is 0 Å². The van der Waals surface area contributed by atoms with Gasteiger partial charge in [-0.05, 0) is 75.0 Å². The number of amides is 2. The van der Waals surface area contributed by atoms with Crippen LogP contribution in [0.3, 0.4) is 0 Å². The van der Waals surface area contributed by atoms with Crippen LogP contribution in [0.25, 0.3) is 0 Å². The number of hydrogen-bond donors (Lipinski definition) is 4. The van der Waals surface area contributed by atoms with Crippen molar-refractivity contribution >= 4 is 30.7 Å². The minimum atomic E-state index is -0.850. The van der Waals surface area contributed by atoms with Gasteiger partial charge in [-0.25, -0.2) is 15.1 Å². The molecule has 1 aromatic carbocycles. The van der Waals surface area contributed by atoms with Crippen molar-refractivity contribution in [1.82, 2.24) is 16.1 Å². The molecule has 0 radical (unpaired) electrons. The summed E-state index contributed by atoms with van der Waals surface area (Å²) in [6, 6.07) is 8.37. The predicted octanol–water partition coefficient (Wildman–Crippen LogP) is 4.37. The highest BCUT2D eigenvalue weighted by molar-refractivity contribution is 6.48. The summed E-state index contributed by atoms with van der Waals surface area (Å²) in [7, 11) is -0.598. The molecule has 5 rings (SSSR count). The van der Waals surface area contributed by atoms with Crippen molar-refractivity contribution < 1.29 is 28.7 Å². The number of nitro groups is 1. The first-order valence-electron chi connectivity index (χ1n) is 17.9. The number of rotatable bonds is 19. The molecule has 270 valence electrons. The molecular weight excluding hydrogens is 627 g/mol. The monoisotopic (exact) mass is 682 g/mol. The first-order chi connectivity index (χ1) is 23.2. The normalized spacial score (nSPS) is 25.1. The summed E-state index contributed by atoms with van der Waals surface area (Å²) in [4.78, 5) is 53.8. The molecule has 1 heterocycles. The van der Waals surface area contributed by atoms with Crippen molar-refractivity contribution in [2.24, 2.45) is 33.9 Å². The third kappa shape index (κ3) is 10.0. The average Bonchev–Trinajstić information content (AvgIpc) is 3.40. The Balaban J connectivity index is 1.32. The van der Waals surface area contributed by atoms with E-state index in [1.54, 1.807) is 5.43 Å². The summed E-state index contributed by atoms with van der Waals surface area (Å²) < 4.78 is 13.2. The molecule has 3 aliphatic carbocycles. The Kier molecular flexibility index (Phi) is 13.2. The number of nitrogens with zero attached hydrogens (tertiary/aromatic N) is 2. The predicted molar refractivity (Wildman–Crippen MR) is 188 cm³/mol. The van der Waals surface area contributed by atoms with Crippen LogP contribution in [0.4, 0.5) is 0 Å². The van der Waals surface area contributed by atoms with Crippen molar-refractivity contribution in [3.05, 3.63) is 46.0 Å². The number of carbonyl (C=O) groups is 3. The van der Waals surface area contributed by atoms with E-state index in [0.717, 1.165) is 32.1 Å². The van der Waals surface area contributed by atoms with Crippen LogP contribution in [-0.2, 0) is 18.9 Å². The number of guanidine groups is 1. The van der Waals surface area contributed by atoms with E-state index in [1.165, 1.54) is 0 Å². The second-order valence-electron chi connectivity index (χ2n) is 15.2. The van der Waals surface area contributed by atoms with Gasteiger partial charge in [-0.3, -0.25) is 14.4 Å². The van der Waals surface area contributed by atoms with Gasteiger partial charge in [-0.15, -0.1) is 0 Å². The zero-order chi connectivity index (χ0) is 35.8. The fourth-order valence-corrected chi connectivity index (χ4v) is 7.95. The van der Waals surface area contributed by atoms with Gasteiger partial charge in [0.05, 0.1) is 17.6 Å². The molecule has 14 heteroatoms. The lowest BCUT2D eigenvalue weighted by Gasteiger charge is -2.64. The van der Waals surface area contributed by atoms with Crippen molar-refractivity contribution in [2.45, 2.75) is 129 Å². The zero-order valence-electron chi connectivity index (χ0n) is 29.7. The Labute approximate surface area is 290 Å². The standard InChI is InChI=1S/C35H55BN6O7/c1-23(2)20-30(36-48-29-22-25-21-28(34(25,3)4)35(29,5)49-36)40-32(45)26(16-13-19-38-33(37)41-42(46)47)39-31(44)18-12-7-6-11-17-27(43)24-14-9-8-10-15-24/h8-10,14-15,23,25-26,28-30H,6-7,11-13,16-22H2,1-5H3,(H,39,44)(H,40,45)(H3,37,38,41)/t25-,26+,28-,29-,30+,35+/m1/s1. The number of carbonyl (C=O) groups excluding carboxylic acids is 3. The molecule has 2 bridgehead atoms. The van der Waals surface area contributed by atoms with Gasteiger partial charge in [0.2, 0.25) is 11.8 Å². The number of Topliss-reactive ketones (excluding diaryl/α,β-unsaturated/α-hetero) is 1. The van der Waals surface area contributed by atoms with Gasteiger partial charge >= 0.3 is 7.12 Å². The topological polar surface area (TPSA) is 187 Å². The third-order valence-corrected chi connectivity index (χ3v) is 10.8. The molecule has 49 heavy (non-hydrogen) atoms. The minimum Gasteiger partial charge on any atom is -0.404 e. The van der Waals surface area contributed by atoms with E-state index in [1.807, 2.05) is 30.3 Å². The molecule has 0 spiro atoms. The highest BCUT2D eigenvalue weighted by Gasteiger charge is 2.68. The molecule has 1 aromatic rings. The average molecular weight is 683 g/mol. The molecule has 5 N–H and O–H groups in total. The summed E-state index contributed by atoms with van der Waals surface area (Å²) in [5.41, 5.74) is 7.83. The van der Waals surface area contributed by atoms with Crippen molar-refractivity contribution in [2.75, 3.05) is 6.54 Å². The summed E-state index contributed by atoms with van der Waals surface area (Å²) in [6.45, 7) is 11.1. The number of unbranched alkanes of at least 4 members (excludes halogenated alkanes) is 3. The van der Waals surface area contributed by atoms with Gasteiger partial charge in [0, 0.05) is 24.9 Å². The van der Waals surface area contributed by atoms with E-state index in [0.29, 0.717) is 43.1 Å². The molecule has 6 atom stereocenters. The van der Waals surface area contributed by atoms with Gasteiger partial charge in [-0.2, -0.15) is 0 Å². The first kappa shape index (κ1) is 38.3. The van der Waals surface area contributed by atoms with E-state index < -0.39 is 29.7 Å². The van der Waals surface area contributed by atoms with Gasteiger partial charge in [0.15, 0.2) is 10.8 Å². The fourth-order valence-electron chi connectivity index (χ4n) is 7.95. The summed E-state index contributed by atoms with van der Waals surface area (Å²) >= 11 is 0. The lowest BCUT2D eigenvalue weighted by atomic mass is 9.43. The fraction of sp³-hybridized carbons (Fsp3) is 0.714. The minimum absolute atomic E-state index is 0.0242. The number of hydrazine groups is 1. The number of hydrogen-bond acceptors (Lipinski definition) is 8. The van der Waals surface area contributed by atoms with Gasteiger partial charge in [-0.1, -0.05) is 76.3 Å². The Hall–Kier alpha value is -3.52. The number of ketones is 1. The van der Waals surface area contributed by atoms with E-state index in [4.69, 9.17) is 15.0 Å². The van der Waals surface area contributed by atoms with E-state index in [2.05, 4.69) is 50.2 Å². The molecule has 4 aliphatic rings. The summed E-state index contributed by atoms with van der Waals surface area (Å²) in [5.74, 6) is 0.0346. The van der Waals surface area contributed by atoms with Crippen LogP contribution in [0.5, 0.6) is 0 Å². The zero-order valence-corrected chi connectivity index (χ0v) is 29.7. The van der Waals surface area contributed by atoms with Crippen LogP contribution in [0.15, 0.2) is 35.3 Å². The van der Waals surface area contributed by atoms with E-state index in [-0.39, 0.29) is 60.4 Å². The Bertz CT molecular complexity index is 1340. The number of nitrogens with one attached hydrogen (secondary N) is 3. The maximum absolute atomic E-state index is 13.8. The highest BCUT2D eigenvalue weighted by atomic mass is 16.7. The maximum atomic E-state index is 13.8. The molecule has 1 saturated heterocycles. The van der Waals surface area contributed by atoms with Crippen LogP contribution in [-0.4, -0.2) is 65.9 Å². The lowest BCUT2D eigenvalue weighted by Crippen LogP contribution is -2.65. The molecule has 0 aromatic heterocycles. The van der Waals surface area contributed by atoms with Crippen molar-refractivity contribution in [3.8, 4) is 0 Å². The number of nitrogens with two attached hydrogens (primary N) is 1. The summed E-state index contributed by atoms with van der Waals surface area (Å²) in [6.07, 6.45) is 7.00. The van der Waals surface area contributed by atoms with Crippen LogP contribution in [0, 0.1) is 33.3 Å². The molecule has 0 unspecified atom stereocenters. The molecule has 1 aliphatic heterocycles. The van der Waals surface area contributed by atoms with E-state index >= 15 is 0 Å². The van der Waals surface area contributed by atoms with Gasteiger partial charge in [0.25, 0.3) is 5.96 Å².